The number of nitrogens with zero attached hydrogens (tertiary/aromatic N) is 2. The fourth-order valence-corrected chi connectivity index (χ4v) is 4.24. The van der Waals surface area contributed by atoms with Crippen molar-refractivity contribution < 1.29 is 14.3 Å². The molecule has 3 aromatic rings. The fraction of sp³-hybridized carbons (Fsp3) is 0.304. The first-order chi connectivity index (χ1) is 14.4. The average Bonchev–Trinajstić information content (AvgIpc) is 3.05. The summed E-state index contributed by atoms with van der Waals surface area (Å²) in [6.45, 7) is 5.93. The van der Waals surface area contributed by atoms with Gasteiger partial charge in [0.1, 0.15) is 11.5 Å². The number of aromatic nitrogens is 2. The molecule has 0 spiro atoms. The van der Waals surface area contributed by atoms with Crippen LogP contribution in [-0.4, -0.2) is 35.7 Å². The molecule has 30 heavy (non-hydrogen) atoms. The van der Waals surface area contributed by atoms with Crippen LogP contribution in [0.25, 0.3) is 5.69 Å². The van der Waals surface area contributed by atoms with Crippen LogP contribution in [0.1, 0.15) is 29.9 Å². The Labute approximate surface area is 181 Å². The van der Waals surface area contributed by atoms with Gasteiger partial charge in [-0.25, -0.2) is 4.68 Å². The molecule has 0 saturated carbocycles. The number of hydrogen-bond acceptors (Lipinski definition) is 5. The molecule has 3 rings (SSSR count). The summed E-state index contributed by atoms with van der Waals surface area (Å²) in [5, 5.41) is 7.69. The lowest BCUT2D eigenvalue weighted by Crippen LogP contribution is -2.28. The van der Waals surface area contributed by atoms with Crippen LogP contribution < -0.4 is 14.8 Å². The van der Waals surface area contributed by atoms with E-state index >= 15 is 0 Å². The van der Waals surface area contributed by atoms with Crippen molar-refractivity contribution in [3.8, 4) is 17.2 Å². The Hall–Kier alpha value is -2.93. The highest BCUT2D eigenvalue weighted by molar-refractivity contribution is 8.00. The molecule has 0 radical (unpaired) electrons. The molecule has 2 aromatic carbocycles. The summed E-state index contributed by atoms with van der Waals surface area (Å²) in [6, 6.07) is 15.3. The number of thioether (sulfide) groups is 1. The van der Waals surface area contributed by atoms with Gasteiger partial charge in [0, 0.05) is 5.56 Å². The SMILES string of the molecule is COc1ccc(OC)c([C@@H](C)NC(=O)CSc2c(C)nn(-c3ccccc3)c2C)c1. The topological polar surface area (TPSA) is 65.4 Å². The van der Waals surface area contributed by atoms with E-state index in [0.717, 1.165) is 33.3 Å². The van der Waals surface area contributed by atoms with Gasteiger partial charge in [-0.1, -0.05) is 18.2 Å². The number of amides is 1. The average molecular weight is 426 g/mol. The van der Waals surface area contributed by atoms with Crippen molar-refractivity contribution in [3.63, 3.8) is 0 Å². The Balaban J connectivity index is 1.68. The van der Waals surface area contributed by atoms with E-state index in [1.54, 1.807) is 14.2 Å². The Morgan fingerprint density at radius 1 is 1.13 bits per heavy atom. The smallest absolute Gasteiger partial charge is 0.230 e. The molecule has 1 amide bonds. The van der Waals surface area contributed by atoms with Gasteiger partial charge in [0.25, 0.3) is 0 Å². The van der Waals surface area contributed by atoms with E-state index in [2.05, 4.69) is 10.4 Å². The Morgan fingerprint density at radius 2 is 1.87 bits per heavy atom. The van der Waals surface area contributed by atoms with Crippen molar-refractivity contribution in [1.82, 2.24) is 15.1 Å². The van der Waals surface area contributed by atoms with E-state index in [4.69, 9.17) is 9.47 Å². The van der Waals surface area contributed by atoms with E-state index in [-0.39, 0.29) is 11.9 Å². The third-order valence-corrected chi connectivity index (χ3v) is 6.14. The lowest BCUT2D eigenvalue weighted by molar-refractivity contribution is -0.119. The number of methoxy groups -OCH3 is 2. The summed E-state index contributed by atoms with van der Waals surface area (Å²) in [6.07, 6.45) is 0. The van der Waals surface area contributed by atoms with Gasteiger partial charge in [0.2, 0.25) is 5.91 Å². The van der Waals surface area contributed by atoms with Gasteiger partial charge in [0.05, 0.1) is 48.0 Å². The molecule has 1 heterocycles. The molecule has 0 unspecified atom stereocenters. The van der Waals surface area contributed by atoms with Crippen molar-refractivity contribution in [2.45, 2.75) is 31.7 Å². The van der Waals surface area contributed by atoms with E-state index in [9.17, 15) is 4.79 Å². The minimum atomic E-state index is -0.211. The lowest BCUT2D eigenvalue weighted by Gasteiger charge is -2.18. The fourth-order valence-electron chi connectivity index (χ4n) is 3.33. The van der Waals surface area contributed by atoms with Gasteiger partial charge >= 0.3 is 0 Å². The maximum Gasteiger partial charge on any atom is 0.230 e. The highest BCUT2D eigenvalue weighted by Gasteiger charge is 2.18. The summed E-state index contributed by atoms with van der Waals surface area (Å²) in [7, 11) is 3.23. The third-order valence-electron chi connectivity index (χ3n) is 4.85. The normalized spacial score (nSPS) is 11.8. The molecular weight excluding hydrogens is 398 g/mol. The minimum Gasteiger partial charge on any atom is -0.497 e. The van der Waals surface area contributed by atoms with Crippen LogP contribution in [0.4, 0.5) is 0 Å². The summed E-state index contributed by atoms with van der Waals surface area (Å²) in [4.78, 5) is 13.7. The molecule has 6 nitrogen and oxygen atoms in total. The second-order valence-corrected chi connectivity index (χ2v) is 7.92. The van der Waals surface area contributed by atoms with Gasteiger partial charge < -0.3 is 14.8 Å². The third kappa shape index (κ3) is 4.79. The minimum absolute atomic E-state index is 0.0522. The summed E-state index contributed by atoms with van der Waals surface area (Å²) >= 11 is 1.50. The number of carbonyl (C=O) groups is 1. The molecule has 0 aliphatic rings. The van der Waals surface area contributed by atoms with Crippen molar-refractivity contribution >= 4 is 17.7 Å². The van der Waals surface area contributed by atoms with Crippen LogP contribution in [0, 0.1) is 13.8 Å². The first kappa shape index (κ1) is 21.8. The van der Waals surface area contributed by atoms with Crippen molar-refractivity contribution in [2.24, 2.45) is 0 Å². The molecule has 0 aliphatic heterocycles. The van der Waals surface area contributed by atoms with E-state index in [1.165, 1.54) is 11.8 Å². The molecule has 1 aromatic heterocycles. The van der Waals surface area contributed by atoms with Crippen LogP contribution in [-0.2, 0) is 4.79 Å². The summed E-state index contributed by atoms with van der Waals surface area (Å²) in [5.41, 5.74) is 3.82. The molecule has 0 fully saturated rings. The van der Waals surface area contributed by atoms with Gasteiger partial charge in [-0.2, -0.15) is 5.10 Å². The van der Waals surface area contributed by atoms with Crippen LogP contribution in [0.2, 0.25) is 0 Å². The number of benzene rings is 2. The van der Waals surface area contributed by atoms with Gasteiger partial charge in [-0.3, -0.25) is 4.79 Å². The highest BCUT2D eigenvalue weighted by Crippen LogP contribution is 2.30. The number of nitrogens with one attached hydrogen (secondary N) is 1. The summed E-state index contributed by atoms with van der Waals surface area (Å²) < 4.78 is 12.6. The molecule has 1 atom stereocenters. The highest BCUT2D eigenvalue weighted by atomic mass is 32.2. The Bertz CT molecular complexity index is 1020. The number of rotatable bonds is 8. The maximum absolute atomic E-state index is 12.6. The zero-order chi connectivity index (χ0) is 21.7. The van der Waals surface area contributed by atoms with Crippen LogP contribution >= 0.6 is 11.8 Å². The number of aryl methyl sites for hydroxylation is 1. The predicted molar refractivity (Wildman–Crippen MR) is 120 cm³/mol. The van der Waals surface area contributed by atoms with Crippen LogP contribution in [0.15, 0.2) is 53.4 Å². The first-order valence-electron chi connectivity index (χ1n) is 9.70. The number of carbonyl (C=O) groups excluding carboxylic acids is 1. The second-order valence-electron chi connectivity index (χ2n) is 6.93. The number of para-hydroxylation sites is 1. The van der Waals surface area contributed by atoms with E-state index in [1.807, 2.05) is 74.0 Å². The number of hydrogen-bond donors (Lipinski definition) is 1. The van der Waals surface area contributed by atoms with Crippen molar-refractivity contribution in [2.75, 3.05) is 20.0 Å². The predicted octanol–water partition coefficient (Wildman–Crippen LogP) is 4.48. The van der Waals surface area contributed by atoms with Crippen molar-refractivity contribution in [3.05, 3.63) is 65.5 Å². The van der Waals surface area contributed by atoms with E-state index < -0.39 is 0 Å². The van der Waals surface area contributed by atoms with Gasteiger partial charge in [-0.15, -0.1) is 11.8 Å². The zero-order valence-corrected chi connectivity index (χ0v) is 18.7. The maximum atomic E-state index is 12.6. The van der Waals surface area contributed by atoms with E-state index in [0.29, 0.717) is 11.5 Å². The molecule has 0 bridgehead atoms. The molecule has 158 valence electrons. The first-order valence-corrected chi connectivity index (χ1v) is 10.7. The largest absolute Gasteiger partial charge is 0.497 e. The Morgan fingerprint density at radius 3 is 2.53 bits per heavy atom. The molecule has 0 aliphatic carbocycles. The zero-order valence-electron chi connectivity index (χ0n) is 17.9. The molecule has 7 heteroatoms. The number of ether oxygens (including phenoxy) is 2. The second kappa shape index (κ2) is 9.71. The lowest BCUT2D eigenvalue weighted by atomic mass is 10.1. The van der Waals surface area contributed by atoms with Crippen molar-refractivity contribution in [1.29, 1.82) is 0 Å². The van der Waals surface area contributed by atoms with Crippen LogP contribution in [0.5, 0.6) is 11.5 Å². The monoisotopic (exact) mass is 425 g/mol. The van der Waals surface area contributed by atoms with Crippen LogP contribution in [0.3, 0.4) is 0 Å². The quantitative estimate of drug-likeness (QED) is 0.539. The molecular formula is C23H27N3O3S. The standard InChI is InChI=1S/C23H27N3O3S/c1-15(20-13-19(28-4)11-12-21(20)29-5)24-22(27)14-30-23-16(2)25-26(17(23)3)18-9-7-6-8-10-18/h6-13,15H,14H2,1-5H3,(H,24,27)/t15-/m1/s1. The Kier molecular flexibility index (Phi) is 7.05. The van der Waals surface area contributed by atoms with Gasteiger partial charge in [-0.05, 0) is 51.1 Å². The molecule has 0 saturated heterocycles. The summed E-state index contributed by atoms with van der Waals surface area (Å²) in [5.74, 6) is 1.69. The molecule has 1 N–H and O–H groups in total. The van der Waals surface area contributed by atoms with Gasteiger partial charge in [0.15, 0.2) is 0 Å².